The zero-order chi connectivity index (χ0) is 16.3. The van der Waals surface area contributed by atoms with Gasteiger partial charge in [-0.2, -0.15) is 0 Å². The number of nitrogens with zero attached hydrogens (tertiary/aromatic N) is 1. The summed E-state index contributed by atoms with van der Waals surface area (Å²) >= 11 is 0. The van der Waals surface area contributed by atoms with E-state index in [-0.39, 0.29) is 5.60 Å². The first-order valence-electron chi connectivity index (χ1n) is 8.39. The molecule has 0 aromatic rings. The van der Waals surface area contributed by atoms with Crippen LogP contribution in [0, 0.1) is 5.92 Å². The molecule has 1 amide bonds. The minimum atomic E-state index is -0.0921. The van der Waals surface area contributed by atoms with Crippen LogP contribution < -0.4 is 5.32 Å². The van der Waals surface area contributed by atoms with Crippen LogP contribution in [-0.4, -0.2) is 49.2 Å². The third-order valence-corrected chi connectivity index (χ3v) is 3.90. The highest BCUT2D eigenvalue weighted by molar-refractivity contribution is 5.45. The molecular weight excluding hydrogens is 264 g/mol. The fourth-order valence-corrected chi connectivity index (χ4v) is 2.42. The zero-order valence-electron chi connectivity index (χ0n) is 14.9. The number of carbonyl (C=O) groups is 1. The van der Waals surface area contributed by atoms with E-state index in [0.29, 0.717) is 12.6 Å². The highest BCUT2D eigenvalue weighted by Crippen LogP contribution is 2.17. The number of hydrogen-bond acceptors (Lipinski definition) is 3. The third-order valence-electron chi connectivity index (χ3n) is 3.90. The lowest BCUT2D eigenvalue weighted by Gasteiger charge is -2.33. The Bertz CT molecular complexity index is 264. The standard InChI is InChI=1S/C17H36N2O2/c1-7-15(3)13-16(8-2)19(10-9-18-14-20)11-12-21-17(4,5)6/h14-16H,7-13H2,1-6H3,(H,18,20). The number of nitrogens with one attached hydrogen (secondary N) is 1. The maximum Gasteiger partial charge on any atom is 0.207 e. The first-order chi connectivity index (χ1) is 9.84. The summed E-state index contributed by atoms with van der Waals surface area (Å²) in [6.07, 6.45) is 4.35. The van der Waals surface area contributed by atoms with Gasteiger partial charge in [-0.3, -0.25) is 9.69 Å². The van der Waals surface area contributed by atoms with Crippen LogP contribution in [0.5, 0.6) is 0 Å². The first kappa shape index (κ1) is 20.4. The van der Waals surface area contributed by atoms with Gasteiger partial charge in [-0.05, 0) is 39.5 Å². The van der Waals surface area contributed by atoms with Gasteiger partial charge in [0.2, 0.25) is 6.41 Å². The second-order valence-electron chi connectivity index (χ2n) is 6.88. The fourth-order valence-electron chi connectivity index (χ4n) is 2.42. The minimum Gasteiger partial charge on any atom is -0.375 e. The summed E-state index contributed by atoms with van der Waals surface area (Å²) in [5.41, 5.74) is -0.0921. The van der Waals surface area contributed by atoms with Crippen LogP contribution in [0.25, 0.3) is 0 Å². The van der Waals surface area contributed by atoms with Crippen LogP contribution in [0.15, 0.2) is 0 Å². The number of amides is 1. The highest BCUT2D eigenvalue weighted by atomic mass is 16.5. The SMILES string of the molecule is CCC(C)CC(CC)N(CCNC=O)CCOC(C)(C)C. The quantitative estimate of drug-likeness (QED) is 0.445. The van der Waals surface area contributed by atoms with Gasteiger partial charge in [-0.25, -0.2) is 0 Å². The van der Waals surface area contributed by atoms with Crippen molar-refractivity contribution in [1.29, 1.82) is 0 Å². The Morgan fingerprint density at radius 3 is 2.33 bits per heavy atom. The van der Waals surface area contributed by atoms with Gasteiger partial charge in [0.25, 0.3) is 0 Å². The van der Waals surface area contributed by atoms with Crippen molar-refractivity contribution in [2.45, 2.75) is 72.4 Å². The van der Waals surface area contributed by atoms with Crippen LogP contribution >= 0.6 is 0 Å². The van der Waals surface area contributed by atoms with Crippen molar-refractivity contribution in [3.05, 3.63) is 0 Å². The molecule has 2 unspecified atom stereocenters. The molecule has 0 aromatic carbocycles. The predicted octanol–water partition coefficient (Wildman–Crippen LogP) is 3.06. The second-order valence-corrected chi connectivity index (χ2v) is 6.88. The topological polar surface area (TPSA) is 41.6 Å². The van der Waals surface area contributed by atoms with Crippen LogP contribution in [0.4, 0.5) is 0 Å². The van der Waals surface area contributed by atoms with Gasteiger partial charge in [-0.15, -0.1) is 0 Å². The summed E-state index contributed by atoms with van der Waals surface area (Å²) in [6.45, 7) is 16.3. The van der Waals surface area contributed by atoms with Gasteiger partial charge in [0.1, 0.15) is 0 Å². The van der Waals surface area contributed by atoms with Crippen LogP contribution in [0.2, 0.25) is 0 Å². The average molecular weight is 300 g/mol. The Morgan fingerprint density at radius 2 is 1.86 bits per heavy atom. The fraction of sp³-hybridized carbons (Fsp3) is 0.941. The average Bonchev–Trinajstić information content (AvgIpc) is 2.42. The molecule has 2 atom stereocenters. The molecule has 0 saturated heterocycles. The monoisotopic (exact) mass is 300 g/mol. The Labute approximate surface area is 131 Å². The molecule has 0 aliphatic carbocycles. The van der Waals surface area contributed by atoms with E-state index in [1.54, 1.807) is 0 Å². The summed E-state index contributed by atoms with van der Waals surface area (Å²) in [7, 11) is 0. The maximum absolute atomic E-state index is 10.4. The molecule has 0 aliphatic rings. The van der Waals surface area contributed by atoms with E-state index >= 15 is 0 Å². The number of carbonyl (C=O) groups excluding carboxylic acids is 1. The summed E-state index contributed by atoms with van der Waals surface area (Å²) < 4.78 is 5.86. The molecular formula is C17H36N2O2. The molecule has 126 valence electrons. The molecule has 4 heteroatoms. The molecule has 1 N–H and O–H groups in total. The van der Waals surface area contributed by atoms with Crippen LogP contribution in [0.3, 0.4) is 0 Å². The Hall–Kier alpha value is -0.610. The Kier molecular flexibility index (Phi) is 10.7. The van der Waals surface area contributed by atoms with Crippen molar-refractivity contribution >= 4 is 6.41 Å². The molecule has 0 spiro atoms. The lowest BCUT2D eigenvalue weighted by Crippen LogP contribution is -2.43. The zero-order valence-corrected chi connectivity index (χ0v) is 14.9. The molecule has 0 saturated carbocycles. The lowest BCUT2D eigenvalue weighted by atomic mass is 9.96. The van der Waals surface area contributed by atoms with Crippen molar-refractivity contribution < 1.29 is 9.53 Å². The highest BCUT2D eigenvalue weighted by Gasteiger charge is 2.19. The Morgan fingerprint density at radius 1 is 1.19 bits per heavy atom. The molecule has 21 heavy (non-hydrogen) atoms. The van der Waals surface area contributed by atoms with Gasteiger partial charge in [0.15, 0.2) is 0 Å². The number of hydrogen-bond donors (Lipinski definition) is 1. The summed E-state index contributed by atoms with van der Waals surface area (Å²) in [4.78, 5) is 12.9. The summed E-state index contributed by atoms with van der Waals surface area (Å²) in [5, 5.41) is 2.77. The first-order valence-corrected chi connectivity index (χ1v) is 8.39. The van der Waals surface area contributed by atoms with Gasteiger partial charge in [-0.1, -0.05) is 27.2 Å². The number of rotatable bonds is 12. The van der Waals surface area contributed by atoms with Crippen LogP contribution in [-0.2, 0) is 9.53 Å². The van der Waals surface area contributed by atoms with Crippen molar-refractivity contribution in [2.75, 3.05) is 26.2 Å². The molecule has 0 aromatic heterocycles. The van der Waals surface area contributed by atoms with Gasteiger partial charge in [0, 0.05) is 25.7 Å². The van der Waals surface area contributed by atoms with E-state index in [4.69, 9.17) is 4.74 Å². The van der Waals surface area contributed by atoms with Gasteiger partial charge >= 0.3 is 0 Å². The number of ether oxygens (including phenoxy) is 1. The minimum absolute atomic E-state index is 0.0921. The van der Waals surface area contributed by atoms with E-state index in [1.165, 1.54) is 12.8 Å². The molecule has 0 aliphatic heterocycles. The third kappa shape index (κ3) is 10.7. The van der Waals surface area contributed by atoms with E-state index in [0.717, 1.165) is 38.4 Å². The maximum atomic E-state index is 10.4. The molecule has 0 radical (unpaired) electrons. The Balaban J connectivity index is 4.48. The van der Waals surface area contributed by atoms with Gasteiger partial charge in [0.05, 0.1) is 12.2 Å². The van der Waals surface area contributed by atoms with Crippen molar-refractivity contribution in [2.24, 2.45) is 5.92 Å². The normalized spacial score (nSPS) is 15.0. The molecule has 0 heterocycles. The lowest BCUT2D eigenvalue weighted by molar-refractivity contribution is -0.109. The van der Waals surface area contributed by atoms with Crippen molar-refractivity contribution in [1.82, 2.24) is 10.2 Å². The summed E-state index contributed by atoms with van der Waals surface area (Å²) in [5.74, 6) is 0.736. The van der Waals surface area contributed by atoms with Gasteiger partial charge < -0.3 is 10.1 Å². The smallest absolute Gasteiger partial charge is 0.207 e. The van der Waals surface area contributed by atoms with E-state index in [2.05, 4.69) is 51.8 Å². The van der Waals surface area contributed by atoms with E-state index in [9.17, 15) is 4.79 Å². The summed E-state index contributed by atoms with van der Waals surface area (Å²) in [6, 6.07) is 0.567. The van der Waals surface area contributed by atoms with E-state index in [1.807, 2.05) is 0 Å². The molecule has 0 fully saturated rings. The second kappa shape index (κ2) is 11.0. The van der Waals surface area contributed by atoms with Crippen LogP contribution in [0.1, 0.15) is 60.8 Å². The largest absolute Gasteiger partial charge is 0.375 e. The molecule has 0 bridgehead atoms. The van der Waals surface area contributed by atoms with Crippen molar-refractivity contribution in [3.8, 4) is 0 Å². The predicted molar refractivity (Wildman–Crippen MR) is 89.5 cm³/mol. The molecule has 4 nitrogen and oxygen atoms in total. The molecule has 0 rings (SSSR count). The van der Waals surface area contributed by atoms with Crippen molar-refractivity contribution in [3.63, 3.8) is 0 Å². The van der Waals surface area contributed by atoms with E-state index < -0.39 is 0 Å².